The molecule has 0 aliphatic heterocycles. The number of aryl methyl sites for hydroxylation is 1. The van der Waals surface area contributed by atoms with Crippen LogP contribution in [0.15, 0.2) is 36.4 Å². The fourth-order valence-corrected chi connectivity index (χ4v) is 2.09. The van der Waals surface area contributed by atoms with E-state index in [1.165, 1.54) is 11.1 Å². The molecule has 2 aromatic rings. The van der Waals surface area contributed by atoms with E-state index in [0.717, 1.165) is 11.5 Å². The van der Waals surface area contributed by atoms with Crippen molar-refractivity contribution in [3.05, 3.63) is 58.8 Å². The molecule has 0 bridgehead atoms. The fourth-order valence-electron chi connectivity index (χ4n) is 2.09. The molecule has 1 aromatic heterocycles. The first-order valence-corrected chi connectivity index (χ1v) is 7.00. The topological polar surface area (TPSA) is 57.9 Å². The molecule has 0 saturated carbocycles. The van der Waals surface area contributed by atoms with Crippen LogP contribution in [-0.2, 0) is 17.9 Å². The van der Waals surface area contributed by atoms with Gasteiger partial charge in [0, 0.05) is 18.8 Å². The number of nitrogens with one attached hydrogen (secondary N) is 1. The van der Waals surface area contributed by atoms with Crippen LogP contribution in [0.2, 0.25) is 0 Å². The summed E-state index contributed by atoms with van der Waals surface area (Å²) >= 11 is 0. The third kappa shape index (κ3) is 4.30. The third-order valence-corrected chi connectivity index (χ3v) is 3.12. The van der Waals surface area contributed by atoms with Gasteiger partial charge in [-0.2, -0.15) is 5.26 Å². The molecule has 108 valence electrons. The van der Waals surface area contributed by atoms with E-state index in [0.29, 0.717) is 25.3 Å². The first-order valence-electron chi connectivity index (χ1n) is 7.00. The zero-order valence-corrected chi connectivity index (χ0v) is 12.4. The predicted octanol–water partition coefficient (Wildman–Crippen LogP) is 3.41. The van der Waals surface area contributed by atoms with Gasteiger partial charge in [-0.05, 0) is 37.1 Å². The van der Waals surface area contributed by atoms with Gasteiger partial charge in [-0.3, -0.25) is 0 Å². The summed E-state index contributed by atoms with van der Waals surface area (Å²) in [5, 5.41) is 12.3. The molecule has 0 amide bonds. The Morgan fingerprint density at radius 3 is 2.71 bits per heavy atom. The number of aromatic nitrogens is 1. The van der Waals surface area contributed by atoms with Crippen LogP contribution in [0.4, 0.5) is 5.82 Å². The van der Waals surface area contributed by atoms with E-state index in [1.54, 1.807) is 12.1 Å². The standard InChI is InChI=1S/C17H19N3O/c1-3-21-12-16-7-5-4-6-15(16)11-19-17-9-14(10-18)8-13(2)20-17/h4-9H,3,11-12H2,1-2H3,(H,19,20). The Morgan fingerprint density at radius 1 is 1.24 bits per heavy atom. The molecule has 1 heterocycles. The number of rotatable bonds is 6. The molecule has 4 nitrogen and oxygen atoms in total. The van der Waals surface area contributed by atoms with Crippen molar-refractivity contribution >= 4 is 5.82 Å². The molecule has 0 aliphatic rings. The average Bonchev–Trinajstić information content (AvgIpc) is 2.51. The predicted molar refractivity (Wildman–Crippen MR) is 82.8 cm³/mol. The summed E-state index contributed by atoms with van der Waals surface area (Å²) in [6.07, 6.45) is 0. The van der Waals surface area contributed by atoms with Gasteiger partial charge in [0.2, 0.25) is 0 Å². The molecule has 0 radical (unpaired) electrons. The van der Waals surface area contributed by atoms with E-state index in [9.17, 15) is 0 Å². The van der Waals surface area contributed by atoms with Crippen molar-refractivity contribution in [3.63, 3.8) is 0 Å². The lowest BCUT2D eigenvalue weighted by atomic mass is 10.1. The molecule has 21 heavy (non-hydrogen) atoms. The minimum atomic E-state index is 0.610. The Bertz CT molecular complexity index is 647. The van der Waals surface area contributed by atoms with Crippen LogP contribution >= 0.6 is 0 Å². The van der Waals surface area contributed by atoms with Gasteiger partial charge < -0.3 is 10.1 Å². The number of anilines is 1. The number of hydrogen-bond donors (Lipinski definition) is 1. The minimum Gasteiger partial charge on any atom is -0.377 e. The van der Waals surface area contributed by atoms with Crippen LogP contribution < -0.4 is 5.32 Å². The maximum atomic E-state index is 8.99. The second-order valence-corrected chi connectivity index (χ2v) is 4.75. The number of nitriles is 1. The molecular formula is C17H19N3O. The van der Waals surface area contributed by atoms with Gasteiger partial charge in [0.25, 0.3) is 0 Å². The number of ether oxygens (including phenoxy) is 1. The summed E-state index contributed by atoms with van der Waals surface area (Å²) in [6.45, 7) is 5.84. The molecule has 1 aromatic carbocycles. The zero-order chi connectivity index (χ0) is 15.1. The van der Waals surface area contributed by atoms with Crippen LogP contribution in [0.5, 0.6) is 0 Å². The van der Waals surface area contributed by atoms with Gasteiger partial charge >= 0.3 is 0 Å². The zero-order valence-electron chi connectivity index (χ0n) is 12.4. The first-order chi connectivity index (χ1) is 10.2. The lowest BCUT2D eigenvalue weighted by Gasteiger charge is -2.11. The lowest BCUT2D eigenvalue weighted by Crippen LogP contribution is -2.06. The number of pyridine rings is 1. The Kier molecular flexibility index (Phi) is 5.30. The van der Waals surface area contributed by atoms with Crippen LogP contribution in [0.25, 0.3) is 0 Å². The fraction of sp³-hybridized carbons (Fsp3) is 0.294. The van der Waals surface area contributed by atoms with Crippen molar-refractivity contribution < 1.29 is 4.74 Å². The highest BCUT2D eigenvalue weighted by Gasteiger charge is 2.04. The molecular weight excluding hydrogens is 262 g/mol. The second kappa shape index (κ2) is 7.41. The summed E-state index contributed by atoms with van der Waals surface area (Å²) in [4.78, 5) is 4.40. The van der Waals surface area contributed by atoms with Crippen LogP contribution in [0, 0.1) is 18.3 Å². The molecule has 0 saturated heterocycles. The monoisotopic (exact) mass is 281 g/mol. The van der Waals surface area contributed by atoms with E-state index in [2.05, 4.69) is 28.5 Å². The summed E-state index contributed by atoms with van der Waals surface area (Å²) in [5.41, 5.74) is 3.79. The van der Waals surface area contributed by atoms with Crippen molar-refractivity contribution in [3.8, 4) is 6.07 Å². The summed E-state index contributed by atoms with van der Waals surface area (Å²) in [5.74, 6) is 0.720. The van der Waals surface area contributed by atoms with Crippen molar-refractivity contribution in [2.75, 3.05) is 11.9 Å². The Morgan fingerprint density at radius 2 is 2.00 bits per heavy atom. The summed E-state index contributed by atoms with van der Waals surface area (Å²) < 4.78 is 5.48. The van der Waals surface area contributed by atoms with Gasteiger partial charge in [-0.15, -0.1) is 0 Å². The summed E-state index contributed by atoms with van der Waals surface area (Å²) in [6, 6.07) is 13.8. The molecule has 0 aliphatic carbocycles. The Hall–Kier alpha value is -2.38. The van der Waals surface area contributed by atoms with Crippen molar-refractivity contribution in [2.24, 2.45) is 0 Å². The maximum Gasteiger partial charge on any atom is 0.127 e. The molecule has 0 unspecified atom stereocenters. The largest absolute Gasteiger partial charge is 0.377 e. The number of benzene rings is 1. The molecule has 1 N–H and O–H groups in total. The van der Waals surface area contributed by atoms with Crippen LogP contribution in [0.3, 0.4) is 0 Å². The molecule has 4 heteroatoms. The number of nitrogens with zero attached hydrogens (tertiary/aromatic N) is 2. The SMILES string of the molecule is CCOCc1ccccc1CNc1cc(C#N)cc(C)n1. The normalized spacial score (nSPS) is 10.1. The second-order valence-electron chi connectivity index (χ2n) is 4.75. The van der Waals surface area contributed by atoms with Crippen molar-refractivity contribution in [2.45, 2.75) is 27.0 Å². The minimum absolute atomic E-state index is 0.610. The van der Waals surface area contributed by atoms with Crippen molar-refractivity contribution in [1.29, 1.82) is 5.26 Å². The van der Waals surface area contributed by atoms with Gasteiger partial charge in [0.15, 0.2) is 0 Å². The van der Waals surface area contributed by atoms with Crippen molar-refractivity contribution in [1.82, 2.24) is 4.98 Å². The highest BCUT2D eigenvalue weighted by atomic mass is 16.5. The summed E-state index contributed by atoms with van der Waals surface area (Å²) in [7, 11) is 0. The van der Waals surface area contributed by atoms with E-state index in [1.807, 2.05) is 26.0 Å². The third-order valence-electron chi connectivity index (χ3n) is 3.12. The van der Waals surface area contributed by atoms with Gasteiger partial charge in [-0.25, -0.2) is 4.98 Å². The van der Waals surface area contributed by atoms with Gasteiger partial charge in [0.05, 0.1) is 18.2 Å². The van der Waals surface area contributed by atoms with Crippen LogP contribution in [-0.4, -0.2) is 11.6 Å². The lowest BCUT2D eigenvalue weighted by molar-refractivity contribution is 0.133. The highest BCUT2D eigenvalue weighted by molar-refractivity contribution is 5.45. The van der Waals surface area contributed by atoms with Gasteiger partial charge in [0.1, 0.15) is 5.82 Å². The van der Waals surface area contributed by atoms with Gasteiger partial charge in [-0.1, -0.05) is 24.3 Å². The smallest absolute Gasteiger partial charge is 0.127 e. The first kappa shape index (κ1) is 15.0. The molecule has 0 spiro atoms. The average molecular weight is 281 g/mol. The maximum absolute atomic E-state index is 8.99. The Labute approximate surface area is 125 Å². The van der Waals surface area contributed by atoms with E-state index < -0.39 is 0 Å². The Balaban J connectivity index is 2.09. The molecule has 0 fully saturated rings. The molecule has 2 rings (SSSR count). The number of hydrogen-bond acceptors (Lipinski definition) is 4. The quantitative estimate of drug-likeness (QED) is 0.881. The van der Waals surface area contributed by atoms with E-state index in [4.69, 9.17) is 10.00 Å². The van der Waals surface area contributed by atoms with Crippen LogP contribution in [0.1, 0.15) is 29.3 Å². The highest BCUT2D eigenvalue weighted by Crippen LogP contribution is 2.14. The van der Waals surface area contributed by atoms with E-state index in [-0.39, 0.29) is 0 Å². The molecule has 0 atom stereocenters. The van der Waals surface area contributed by atoms with E-state index >= 15 is 0 Å².